The van der Waals surface area contributed by atoms with Crippen LogP contribution < -0.4 is 10.2 Å². The quantitative estimate of drug-likeness (QED) is 0.850. The fourth-order valence-corrected chi connectivity index (χ4v) is 2.44. The van der Waals surface area contributed by atoms with E-state index in [1.165, 1.54) is 0 Å². The number of hydrogen-bond donors (Lipinski definition) is 1. The summed E-state index contributed by atoms with van der Waals surface area (Å²) in [5, 5.41) is 4.75. The van der Waals surface area contributed by atoms with Gasteiger partial charge in [0.2, 0.25) is 0 Å². The molecule has 98 valence electrons. The zero-order valence-electron chi connectivity index (χ0n) is 9.45. The van der Waals surface area contributed by atoms with Crippen LogP contribution in [0.2, 0.25) is 10.0 Å². The Kier molecular flexibility index (Phi) is 7.61. The maximum Gasteiger partial charge on any atom is 0.0441 e. The summed E-state index contributed by atoms with van der Waals surface area (Å²) in [5.41, 5.74) is 1.11. The molecule has 1 unspecified atom stereocenters. The summed E-state index contributed by atoms with van der Waals surface area (Å²) < 4.78 is 0. The molecule has 1 heterocycles. The number of hydrogen-bond acceptors (Lipinski definition) is 2. The average molecular weight is 318 g/mol. The predicted molar refractivity (Wildman–Crippen MR) is 80.6 cm³/mol. The molecule has 1 fully saturated rings. The molecule has 1 atom stereocenters. The van der Waals surface area contributed by atoms with E-state index in [9.17, 15) is 0 Å². The van der Waals surface area contributed by atoms with Crippen molar-refractivity contribution in [3.8, 4) is 0 Å². The number of nitrogens with one attached hydrogen (secondary N) is 1. The Balaban J connectivity index is 0.00000128. The van der Waals surface area contributed by atoms with Crippen LogP contribution >= 0.6 is 48.0 Å². The Morgan fingerprint density at radius 1 is 1.18 bits per heavy atom. The minimum Gasteiger partial charge on any atom is -0.366 e. The van der Waals surface area contributed by atoms with E-state index in [4.69, 9.17) is 23.2 Å². The van der Waals surface area contributed by atoms with Gasteiger partial charge in [0.05, 0.1) is 0 Å². The van der Waals surface area contributed by atoms with Gasteiger partial charge < -0.3 is 10.2 Å². The zero-order chi connectivity index (χ0) is 10.8. The Morgan fingerprint density at radius 3 is 2.29 bits per heavy atom. The van der Waals surface area contributed by atoms with Gasteiger partial charge >= 0.3 is 0 Å². The number of piperazine rings is 1. The van der Waals surface area contributed by atoms with Crippen molar-refractivity contribution in [1.82, 2.24) is 5.32 Å². The van der Waals surface area contributed by atoms with Crippen molar-refractivity contribution in [2.75, 3.05) is 24.5 Å². The number of halogens is 4. The second kappa shape index (κ2) is 7.55. The molecule has 6 heteroatoms. The molecule has 2 rings (SSSR count). The van der Waals surface area contributed by atoms with E-state index in [1.807, 2.05) is 12.1 Å². The lowest BCUT2D eigenvalue weighted by molar-refractivity contribution is 0.501. The molecule has 17 heavy (non-hydrogen) atoms. The Morgan fingerprint density at radius 2 is 1.76 bits per heavy atom. The highest BCUT2D eigenvalue weighted by atomic mass is 35.5. The van der Waals surface area contributed by atoms with E-state index >= 15 is 0 Å². The third-order valence-corrected chi connectivity index (χ3v) is 3.12. The molecule has 1 aromatic carbocycles. The lowest BCUT2D eigenvalue weighted by Crippen LogP contribution is -2.49. The second-order valence-electron chi connectivity index (χ2n) is 3.87. The van der Waals surface area contributed by atoms with E-state index in [2.05, 4.69) is 17.1 Å². The van der Waals surface area contributed by atoms with Gasteiger partial charge in [0, 0.05) is 41.4 Å². The topological polar surface area (TPSA) is 15.3 Å². The van der Waals surface area contributed by atoms with Crippen molar-refractivity contribution >= 4 is 53.7 Å². The summed E-state index contributed by atoms with van der Waals surface area (Å²) in [6.07, 6.45) is 0. The van der Waals surface area contributed by atoms with E-state index in [-0.39, 0.29) is 24.8 Å². The zero-order valence-corrected chi connectivity index (χ0v) is 12.6. The third kappa shape index (κ3) is 4.38. The summed E-state index contributed by atoms with van der Waals surface area (Å²) in [7, 11) is 0. The molecule has 0 spiro atoms. The van der Waals surface area contributed by atoms with Gasteiger partial charge in [-0.1, -0.05) is 23.2 Å². The maximum atomic E-state index is 5.99. The number of rotatable bonds is 1. The minimum atomic E-state index is 0. The molecule has 1 saturated heterocycles. The predicted octanol–water partition coefficient (Wildman–Crippen LogP) is 3.64. The summed E-state index contributed by atoms with van der Waals surface area (Å²) in [5.74, 6) is 0. The smallest absolute Gasteiger partial charge is 0.0441 e. The van der Waals surface area contributed by atoms with Crippen LogP contribution in [0.3, 0.4) is 0 Å². The highest BCUT2D eigenvalue weighted by Crippen LogP contribution is 2.27. The summed E-state index contributed by atoms with van der Waals surface area (Å²) in [6, 6.07) is 6.18. The molecule has 0 aromatic heterocycles. The average Bonchev–Trinajstić information content (AvgIpc) is 2.16. The first-order valence-electron chi connectivity index (χ1n) is 5.10. The van der Waals surface area contributed by atoms with Crippen LogP contribution in [-0.2, 0) is 0 Å². The molecule has 0 saturated carbocycles. The number of anilines is 1. The summed E-state index contributed by atoms with van der Waals surface area (Å²) in [4.78, 5) is 2.33. The minimum absolute atomic E-state index is 0. The van der Waals surface area contributed by atoms with E-state index in [0.717, 1.165) is 25.3 Å². The fraction of sp³-hybridized carbons (Fsp3) is 0.455. The molecule has 0 bridgehead atoms. The van der Waals surface area contributed by atoms with Crippen molar-refractivity contribution in [1.29, 1.82) is 0 Å². The SMILES string of the molecule is CC1CNCCN1c1cc(Cl)cc(Cl)c1.Cl.Cl. The molecule has 0 amide bonds. The second-order valence-corrected chi connectivity index (χ2v) is 4.75. The van der Waals surface area contributed by atoms with Gasteiger partial charge in [-0.25, -0.2) is 0 Å². The molecule has 2 nitrogen and oxygen atoms in total. The normalized spacial score (nSPS) is 19.2. The molecular formula is C11H16Cl4N2. The molecular weight excluding hydrogens is 302 g/mol. The van der Waals surface area contributed by atoms with Gasteiger partial charge in [0.1, 0.15) is 0 Å². The van der Waals surface area contributed by atoms with Crippen molar-refractivity contribution < 1.29 is 0 Å². The van der Waals surface area contributed by atoms with Crippen molar-refractivity contribution in [3.05, 3.63) is 28.2 Å². The van der Waals surface area contributed by atoms with Crippen LogP contribution in [-0.4, -0.2) is 25.7 Å². The highest BCUT2D eigenvalue weighted by Gasteiger charge is 2.18. The van der Waals surface area contributed by atoms with Gasteiger partial charge in [-0.2, -0.15) is 0 Å². The van der Waals surface area contributed by atoms with Gasteiger partial charge in [-0.05, 0) is 25.1 Å². The lowest BCUT2D eigenvalue weighted by atomic mass is 10.2. The summed E-state index contributed by atoms with van der Waals surface area (Å²) >= 11 is 12.0. The van der Waals surface area contributed by atoms with Gasteiger partial charge in [0.15, 0.2) is 0 Å². The van der Waals surface area contributed by atoms with E-state index in [1.54, 1.807) is 6.07 Å². The Bertz CT molecular complexity index is 339. The number of nitrogens with zero attached hydrogens (tertiary/aromatic N) is 1. The van der Waals surface area contributed by atoms with Crippen LogP contribution in [0.5, 0.6) is 0 Å². The standard InChI is InChI=1S/C11H14Cl2N2.2ClH/c1-8-7-14-2-3-15(8)11-5-9(12)4-10(13)6-11;;/h4-6,8,14H,2-3,7H2,1H3;2*1H. The first kappa shape index (κ1) is 17.1. The fourth-order valence-electron chi connectivity index (χ4n) is 1.93. The van der Waals surface area contributed by atoms with E-state index < -0.39 is 0 Å². The maximum absolute atomic E-state index is 5.99. The highest BCUT2D eigenvalue weighted by molar-refractivity contribution is 6.35. The molecule has 1 aliphatic heterocycles. The first-order chi connectivity index (χ1) is 7.16. The monoisotopic (exact) mass is 316 g/mol. The van der Waals surface area contributed by atoms with Crippen molar-refractivity contribution in [2.45, 2.75) is 13.0 Å². The van der Waals surface area contributed by atoms with Crippen LogP contribution in [0.1, 0.15) is 6.92 Å². The third-order valence-electron chi connectivity index (χ3n) is 2.68. The first-order valence-corrected chi connectivity index (χ1v) is 5.86. The van der Waals surface area contributed by atoms with Crippen LogP contribution in [0.4, 0.5) is 5.69 Å². The molecule has 1 N–H and O–H groups in total. The summed E-state index contributed by atoms with van der Waals surface area (Å²) in [6.45, 7) is 5.21. The van der Waals surface area contributed by atoms with Crippen LogP contribution in [0, 0.1) is 0 Å². The number of benzene rings is 1. The Labute approximate surface area is 124 Å². The van der Waals surface area contributed by atoms with Gasteiger partial charge in [-0.3, -0.25) is 0 Å². The molecule has 1 aliphatic rings. The lowest BCUT2D eigenvalue weighted by Gasteiger charge is -2.36. The van der Waals surface area contributed by atoms with E-state index in [0.29, 0.717) is 16.1 Å². The largest absolute Gasteiger partial charge is 0.366 e. The molecule has 0 radical (unpaired) electrons. The van der Waals surface area contributed by atoms with Crippen LogP contribution in [0.25, 0.3) is 0 Å². The molecule has 1 aromatic rings. The molecule has 0 aliphatic carbocycles. The van der Waals surface area contributed by atoms with Crippen molar-refractivity contribution in [3.63, 3.8) is 0 Å². The Hall–Kier alpha value is 0.140. The van der Waals surface area contributed by atoms with Crippen molar-refractivity contribution in [2.24, 2.45) is 0 Å². The van der Waals surface area contributed by atoms with Gasteiger partial charge in [-0.15, -0.1) is 24.8 Å². The van der Waals surface area contributed by atoms with Crippen LogP contribution in [0.15, 0.2) is 18.2 Å². The van der Waals surface area contributed by atoms with Gasteiger partial charge in [0.25, 0.3) is 0 Å².